The number of nitrogens with one attached hydrogen (secondary N) is 1. The molecule has 0 saturated carbocycles. The topological polar surface area (TPSA) is 45.5 Å². The molecular weight excluding hydrogens is 214 g/mol. The van der Waals surface area contributed by atoms with E-state index in [1.54, 1.807) is 4.52 Å². The van der Waals surface area contributed by atoms with Crippen LogP contribution in [-0.2, 0) is 0 Å². The Balaban J connectivity index is 1.99. The lowest BCUT2D eigenvalue weighted by molar-refractivity contribution is 0.367. The Hall–Kier alpha value is -1.62. The molecule has 0 aliphatic carbocycles. The van der Waals surface area contributed by atoms with Crippen LogP contribution in [0.2, 0.25) is 0 Å². The Kier molecular flexibility index (Phi) is 3.58. The minimum absolute atomic E-state index is 0.695. The lowest BCUT2D eigenvalue weighted by atomic mass is 10.3. The first kappa shape index (κ1) is 11.9. The largest absolute Gasteiger partial charge is 0.352 e. The van der Waals surface area contributed by atoms with E-state index in [2.05, 4.69) is 34.3 Å². The van der Waals surface area contributed by atoms with Crippen LogP contribution in [0, 0.1) is 6.92 Å². The van der Waals surface area contributed by atoms with Crippen LogP contribution >= 0.6 is 0 Å². The summed E-state index contributed by atoms with van der Waals surface area (Å²) in [6.45, 7) is 7.10. The maximum absolute atomic E-state index is 4.40. The molecule has 0 aliphatic rings. The third kappa shape index (κ3) is 2.94. The van der Waals surface area contributed by atoms with Gasteiger partial charge in [0.25, 0.3) is 0 Å². The minimum Gasteiger partial charge on any atom is -0.352 e. The van der Waals surface area contributed by atoms with Gasteiger partial charge in [0.1, 0.15) is 0 Å². The molecule has 2 rings (SSSR count). The maximum atomic E-state index is 4.40. The number of aromatic nitrogens is 3. The molecule has 2 heterocycles. The molecule has 5 heteroatoms. The molecule has 17 heavy (non-hydrogen) atoms. The van der Waals surface area contributed by atoms with Crippen LogP contribution < -0.4 is 5.32 Å². The number of nitrogens with zero attached hydrogens (tertiary/aromatic N) is 4. The Bertz CT molecular complexity index is 491. The second-order valence-electron chi connectivity index (χ2n) is 4.27. The second-order valence-corrected chi connectivity index (χ2v) is 4.27. The van der Waals surface area contributed by atoms with Crippen LogP contribution in [0.5, 0.6) is 0 Å². The number of pyridine rings is 1. The zero-order chi connectivity index (χ0) is 12.3. The van der Waals surface area contributed by atoms with E-state index < -0.39 is 0 Å². The number of fused-ring (bicyclic) bond motifs is 1. The molecule has 0 radical (unpaired) electrons. The predicted octanol–water partition coefficient (Wildman–Crippen LogP) is 1.40. The molecule has 0 saturated heterocycles. The fourth-order valence-electron chi connectivity index (χ4n) is 1.58. The quantitative estimate of drug-likeness (QED) is 0.848. The molecular formula is C12H19N5. The van der Waals surface area contributed by atoms with Gasteiger partial charge in [0.2, 0.25) is 5.95 Å². The molecule has 2 aromatic rings. The van der Waals surface area contributed by atoms with Gasteiger partial charge in [-0.25, -0.2) is 4.52 Å². The van der Waals surface area contributed by atoms with Gasteiger partial charge in [0.15, 0.2) is 5.65 Å². The number of anilines is 1. The summed E-state index contributed by atoms with van der Waals surface area (Å²) in [5.41, 5.74) is 2.06. The second kappa shape index (κ2) is 5.14. The van der Waals surface area contributed by atoms with Crippen molar-refractivity contribution in [2.45, 2.75) is 13.8 Å². The Morgan fingerprint density at radius 2 is 2.24 bits per heavy atom. The average molecular weight is 233 g/mol. The van der Waals surface area contributed by atoms with Crippen molar-refractivity contribution in [1.82, 2.24) is 19.5 Å². The van der Waals surface area contributed by atoms with Crippen molar-refractivity contribution in [3.05, 3.63) is 23.9 Å². The Morgan fingerprint density at radius 3 is 3.00 bits per heavy atom. The van der Waals surface area contributed by atoms with E-state index in [1.165, 1.54) is 5.56 Å². The molecule has 0 amide bonds. The molecule has 1 N–H and O–H groups in total. The predicted molar refractivity (Wildman–Crippen MR) is 69.4 cm³/mol. The molecule has 0 spiro atoms. The van der Waals surface area contributed by atoms with E-state index in [-0.39, 0.29) is 0 Å². The lowest BCUT2D eigenvalue weighted by Gasteiger charge is -2.12. The van der Waals surface area contributed by atoms with Crippen LogP contribution in [0.15, 0.2) is 18.3 Å². The molecule has 0 aromatic carbocycles. The number of rotatable bonds is 5. The number of likely N-dealkylation sites (N-methyl/N-ethyl adjacent to an activating group) is 1. The van der Waals surface area contributed by atoms with Gasteiger partial charge in [0.05, 0.1) is 0 Å². The molecule has 92 valence electrons. The molecule has 0 unspecified atom stereocenters. The van der Waals surface area contributed by atoms with Crippen LogP contribution in [0.4, 0.5) is 5.95 Å². The van der Waals surface area contributed by atoms with Gasteiger partial charge in [-0.1, -0.05) is 13.0 Å². The van der Waals surface area contributed by atoms with Crippen LogP contribution in [0.3, 0.4) is 0 Å². The smallest absolute Gasteiger partial charge is 0.243 e. The molecule has 0 fully saturated rings. The highest BCUT2D eigenvalue weighted by Crippen LogP contribution is 2.06. The molecule has 0 atom stereocenters. The summed E-state index contributed by atoms with van der Waals surface area (Å²) in [7, 11) is 2.10. The van der Waals surface area contributed by atoms with Crippen molar-refractivity contribution in [2.75, 3.05) is 32.0 Å². The first-order valence-electron chi connectivity index (χ1n) is 5.94. The molecule has 0 aliphatic heterocycles. The summed E-state index contributed by atoms with van der Waals surface area (Å²) in [4.78, 5) is 6.64. The summed E-state index contributed by atoms with van der Waals surface area (Å²) in [6.07, 6.45) is 1.98. The van der Waals surface area contributed by atoms with Crippen molar-refractivity contribution in [1.29, 1.82) is 0 Å². The summed E-state index contributed by atoms with van der Waals surface area (Å²) in [5, 5.41) is 7.61. The van der Waals surface area contributed by atoms with Gasteiger partial charge in [-0.2, -0.15) is 4.98 Å². The van der Waals surface area contributed by atoms with Gasteiger partial charge in [-0.05, 0) is 32.1 Å². The SMILES string of the molecule is CCN(C)CCNc1nc2ccc(C)cn2n1. The van der Waals surface area contributed by atoms with E-state index in [4.69, 9.17) is 0 Å². The van der Waals surface area contributed by atoms with Crippen molar-refractivity contribution >= 4 is 11.6 Å². The van der Waals surface area contributed by atoms with Gasteiger partial charge in [-0.15, -0.1) is 5.10 Å². The van der Waals surface area contributed by atoms with Crippen molar-refractivity contribution in [3.8, 4) is 0 Å². The summed E-state index contributed by atoms with van der Waals surface area (Å²) >= 11 is 0. The standard InChI is InChI=1S/C12H19N5/c1-4-16(3)8-7-13-12-14-11-6-5-10(2)9-17(11)15-12/h5-6,9H,4,7-8H2,1-3H3,(H,13,15). The minimum atomic E-state index is 0.695. The van der Waals surface area contributed by atoms with Crippen LogP contribution in [0.25, 0.3) is 5.65 Å². The molecule has 2 aromatic heterocycles. The maximum Gasteiger partial charge on any atom is 0.243 e. The average Bonchev–Trinajstić information content (AvgIpc) is 2.70. The van der Waals surface area contributed by atoms with Crippen molar-refractivity contribution < 1.29 is 0 Å². The molecule has 0 bridgehead atoms. The van der Waals surface area contributed by atoms with E-state index >= 15 is 0 Å². The highest BCUT2D eigenvalue weighted by Gasteiger charge is 2.02. The fraction of sp³-hybridized carbons (Fsp3) is 0.500. The summed E-state index contributed by atoms with van der Waals surface area (Å²) < 4.78 is 1.81. The zero-order valence-electron chi connectivity index (χ0n) is 10.6. The number of aryl methyl sites for hydroxylation is 1. The normalized spacial score (nSPS) is 11.3. The Morgan fingerprint density at radius 1 is 1.41 bits per heavy atom. The van der Waals surface area contributed by atoms with Gasteiger partial charge in [-0.3, -0.25) is 0 Å². The first-order chi connectivity index (χ1) is 8.19. The zero-order valence-corrected chi connectivity index (χ0v) is 10.6. The first-order valence-corrected chi connectivity index (χ1v) is 5.94. The highest BCUT2D eigenvalue weighted by atomic mass is 15.3. The van der Waals surface area contributed by atoms with Gasteiger partial charge >= 0.3 is 0 Å². The van der Waals surface area contributed by atoms with Crippen molar-refractivity contribution in [2.24, 2.45) is 0 Å². The van der Waals surface area contributed by atoms with Crippen molar-refractivity contribution in [3.63, 3.8) is 0 Å². The fourth-order valence-corrected chi connectivity index (χ4v) is 1.58. The Labute approximate surface area is 101 Å². The van der Waals surface area contributed by atoms with E-state index in [0.717, 1.165) is 25.3 Å². The van der Waals surface area contributed by atoms with E-state index in [0.29, 0.717) is 5.95 Å². The van der Waals surface area contributed by atoms with Gasteiger partial charge in [0, 0.05) is 19.3 Å². The molecule has 5 nitrogen and oxygen atoms in total. The monoisotopic (exact) mass is 233 g/mol. The summed E-state index contributed by atoms with van der Waals surface area (Å²) in [6, 6.07) is 4.02. The number of hydrogen-bond acceptors (Lipinski definition) is 4. The highest BCUT2D eigenvalue weighted by molar-refractivity contribution is 5.44. The summed E-state index contributed by atoms with van der Waals surface area (Å²) in [5.74, 6) is 0.695. The van der Waals surface area contributed by atoms with Crippen LogP contribution in [0.1, 0.15) is 12.5 Å². The third-order valence-corrected chi connectivity index (χ3v) is 2.80. The third-order valence-electron chi connectivity index (χ3n) is 2.80. The van der Waals surface area contributed by atoms with Crippen LogP contribution in [-0.4, -0.2) is 46.2 Å². The van der Waals surface area contributed by atoms with E-state index in [9.17, 15) is 0 Å². The van der Waals surface area contributed by atoms with Gasteiger partial charge < -0.3 is 10.2 Å². The van der Waals surface area contributed by atoms with E-state index in [1.807, 2.05) is 25.3 Å². The number of hydrogen-bond donors (Lipinski definition) is 1. The lowest BCUT2D eigenvalue weighted by Crippen LogP contribution is -2.24.